The van der Waals surface area contributed by atoms with Crippen LogP contribution in [0, 0.1) is 23.6 Å². The van der Waals surface area contributed by atoms with E-state index in [1.807, 2.05) is 0 Å². The fourth-order valence-corrected chi connectivity index (χ4v) is 3.20. The van der Waals surface area contributed by atoms with Crippen LogP contribution in [0.25, 0.3) is 0 Å². The van der Waals surface area contributed by atoms with Crippen LogP contribution in [-0.2, 0) is 12.1 Å². The Kier molecular flexibility index (Phi) is 4.37. The Labute approximate surface area is 164 Å². The first-order chi connectivity index (χ1) is 13.7. The molecule has 1 aromatic heterocycles. The van der Waals surface area contributed by atoms with Crippen LogP contribution in [0.4, 0.5) is 23.7 Å². The van der Waals surface area contributed by atoms with Crippen LogP contribution in [0.15, 0.2) is 35.3 Å². The molecule has 0 saturated heterocycles. The smallest absolute Gasteiger partial charge is 0.312 e. The zero-order chi connectivity index (χ0) is 20.8. The number of carbonyl (C=O) groups is 1. The molecule has 6 nitrogen and oxygen atoms in total. The molecule has 150 valence electrons. The Morgan fingerprint density at radius 1 is 1.34 bits per heavy atom. The van der Waals surface area contributed by atoms with Gasteiger partial charge in [-0.25, -0.2) is 22.6 Å². The summed E-state index contributed by atoms with van der Waals surface area (Å²) in [6, 6.07) is 4.03. The molecule has 1 fully saturated rings. The second-order valence-corrected chi connectivity index (χ2v) is 7.27. The highest BCUT2D eigenvalue weighted by molar-refractivity contribution is 5.95. The average Bonchev–Trinajstić information content (AvgIpc) is 3.46. The Bertz CT molecular complexity index is 1110. The van der Waals surface area contributed by atoms with Gasteiger partial charge in [-0.1, -0.05) is 11.8 Å². The Morgan fingerprint density at radius 3 is 2.76 bits per heavy atom. The van der Waals surface area contributed by atoms with Gasteiger partial charge in [0, 0.05) is 41.9 Å². The number of carbonyl (C=O) groups excluding carboxylic acids is 1. The van der Waals surface area contributed by atoms with Crippen LogP contribution in [0.5, 0.6) is 0 Å². The number of nitrogens with zero attached hydrogens (tertiary/aromatic N) is 2. The van der Waals surface area contributed by atoms with E-state index in [1.54, 1.807) is 0 Å². The highest BCUT2D eigenvalue weighted by Gasteiger charge is 2.55. The van der Waals surface area contributed by atoms with E-state index in [2.05, 4.69) is 27.6 Å². The summed E-state index contributed by atoms with van der Waals surface area (Å²) in [7, 11) is 0. The monoisotopic (exact) mass is 402 g/mol. The van der Waals surface area contributed by atoms with Crippen molar-refractivity contribution in [1.29, 1.82) is 0 Å². The maximum atomic E-state index is 14.9. The molecule has 0 bridgehead atoms. The molecule has 2 aromatic rings. The van der Waals surface area contributed by atoms with Crippen LogP contribution in [0.3, 0.4) is 0 Å². The lowest BCUT2D eigenvalue weighted by Gasteiger charge is -2.40. The number of urea groups is 1. The van der Waals surface area contributed by atoms with E-state index < -0.39 is 28.9 Å². The number of hydrogen-bond donors (Lipinski definition) is 2. The van der Waals surface area contributed by atoms with Crippen molar-refractivity contribution < 1.29 is 18.0 Å². The third-order valence-corrected chi connectivity index (χ3v) is 4.94. The summed E-state index contributed by atoms with van der Waals surface area (Å²) >= 11 is 0. The molecular formula is C20H17F3N4O2. The predicted molar refractivity (Wildman–Crippen MR) is 99.0 cm³/mol. The number of amides is 2. The number of alkyl halides is 2. The fourth-order valence-electron chi connectivity index (χ4n) is 3.20. The van der Waals surface area contributed by atoms with E-state index in [0.717, 1.165) is 23.6 Å². The van der Waals surface area contributed by atoms with Gasteiger partial charge >= 0.3 is 6.03 Å². The normalized spacial score (nSPS) is 20.8. The molecule has 1 unspecified atom stereocenters. The number of hydrogen-bond acceptors (Lipinski definition) is 3. The van der Waals surface area contributed by atoms with E-state index in [9.17, 15) is 22.8 Å². The average molecular weight is 402 g/mol. The fraction of sp³-hybridized carbons (Fsp3) is 0.350. The predicted octanol–water partition coefficient (Wildman–Crippen LogP) is 2.83. The second-order valence-electron chi connectivity index (χ2n) is 7.27. The summed E-state index contributed by atoms with van der Waals surface area (Å²) < 4.78 is 45.3. The quantitative estimate of drug-likeness (QED) is 0.776. The largest absolute Gasteiger partial charge is 0.320 e. The van der Waals surface area contributed by atoms with Gasteiger partial charge in [-0.05, 0) is 31.0 Å². The van der Waals surface area contributed by atoms with Gasteiger partial charge in [-0.15, -0.1) is 0 Å². The molecular weight excluding hydrogens is 385 g/mol. The number of benzene rings is 1. The van der Waals surface area contributed by atoms with Gasteiger partial charge in [-0.2, -0.15) is 5.10 Å². The summed E-state index contributed by atoms with van der Waals surface area (Å²) in [4.78, 5) is 24.0. The van der Waals surface area contributed by atoms with Crippen LogP contribution in [-0.4, -0.2) is 21.7 Å². The highest BCUT2D eigenvalue weighted by Crippen LogP contribution is 2.44. The molecule has 2 amide bonds. The van der Waals surface area contributed by atoms with Crippen LogP contribution < -0.4 is 16.2 Å². The number of halogens is 3. The minimum atomic E-state index is -3.48. The third kappa shape index (κ3) is 3.46. The molecule has 2 N–H and O–H groups in total. The minimum Gasteiger partial charge on any atom is -0.312 e. The van der Waals surface area contributed by atoms with Crippen molar-refractivity contribution in [3.8, 4) is 11.8 Å². The topological polar surface area (TPSA) is 76.0 Å². The lowest BCUT2D eigenvalue weighted by Crippen LogP contribution is -2.59. The van der Waals surface area contributed by atoms with Gasteiger partial charge in [0.25, 0.3) is 11.5 Å². The molecule has 29 heavy (non-hydrogen) atoms. The molecule has 9 heteroatoms. The molecule has 0 radical (unpaired) electrons. The van der Waals surface area contributed by atoms with E-state index >= 15 is 0 Å². The molecule has 4 rings (SSSR count). The molecule has 1 saturated carbocycles. The Hall–Kier alpha value is -3.28. The van der Waals surface area contributed by atoms with E-state index in [-0.39, 0.29) is 29.3 Å². The number of aromatic nitrogens is 2. The van der Waals surface area contributed by atoms with Crippen molar-refractivity contribution in [2.45, 2.75) is 37.8 Å². The van der Waals surface area contributed by atoms with E-state index in [0.29, 0.717) is 6.92 Å². The summed E-state index contributed by atoms with van der Waals surface area (Å²) in [5, 5.41) is 8.50. The summed E-state index contributed by atoms with van der Waals surface area (Å²) in [5.74, 6) is 1.01. The van der Waals surface area contributed by atoms with Gasteiger partial charge in [0.15, 0.2) is 5.54 Å². The first-order valence-corrected chi connectivity index (χ1v) is 9.04. The lowest BCUT2D eigenvalue weighted by molar-refractivity contribution is -0.0465. The summed E-state index contributed by atoms with van der Waals surface area (Å²) in [5.41, 5.74) is -2.92. The number of nitrogens with one attached hydrogen (secondary N) is 2. The van der Waals surface area contributed by atoms with Crippen molar-refractivity contribution >= 4 is 11.7 Å². The maximum absolute atomic E-state index is 14.9. The molecule has 1 aromatic carbocycles. The minimum absolute atomic E-state index is 0.00427. The molecule has 2 aliphatic rings. The van der Waals surface area contributed by atoms with Crippen molar-refractivity contribution in [2.75, 3.05) is 5.32 Å². The molecule has 0 spiro atoms. The summed E-state index contributed by atoms with van der Waals surface area (Å²) in [6.07, 6.45) is 2.99. The first-order valence-electron chi connectivity index (χ1n) is 9.04. The van der Waals surface area contributed by atoms with Gasteiger partial charge in [0.2, 0.25) is 0 Å². The van der Waals surface area contributed by atoms with Crippen molar-refractivity contribution in [1.82, 2.24) is 15.1 Å². The Balaban J connectivity index is 1.84. The zero-order valence-corrected chi connectivity index (χ0v) is 15.4. The van der Waals surface area contributed by atoms with Crippen LogP contribution in [0.2, 0.25) is 0 Å². The number of rotatable bonds is 3. The summed E-state index contributed by atoms with van der Waals surface area (Å²) in [6.45, 7) is 0.425. The maximum Gasteiger partial charge on any atom is 0.320 e. The standard InChI is InChI=1S/C20H17F3N4O2/c1-19(22,23)20(7-6-12-4-5-12)14-10-15(21)13(9-16(14)25-18(29)26-20)11-27-17(28)3-2-8-24-27/h2-3,8-10,12H,4-5,11H2,1H3,(H2,25,26,29). The van der Waals surface area contributed by atoms with Gasteiger partial charge < -0.3 is 10.6 Å². The SMILES string of the molecule is CC(F)(F)C1(C#CC2CC2)NC(=O)Nc2cc(Cn3ncccc3=O)c(F)cc21. The lowest BCUT2D eigenvalue weighted by atomic mass is 9.81. The first kappa shape index (κ1) is 19.1. The van der Waals surface area contributed by atoms with Crippen LogP contribution in [0.1, 0.15) is 30.9 Å². The molecule has 1 atom stereocenters. The van der Waals surface area contributed by atoms with Gasteiger partial charge in [-0.3, -0.25) is 4.79 Å². The molecule has 1 aliphatic carbocycles. The van der Waals surface area contributed by atoms with Crippen molar-refractivity contribution in [3.63, 3.8) is 0 Å². The van der Waals surface area contributed by atoms with Gasteiger partial charge in [0.1, 0.15) is 5.82 Å². The Morgan fingerprint density at radius 2 is 2.10 bits per heavy atom. The number of fused-ring (bicyclic) bond motifs is 1. The van der Waals surface area contributed by atoms with E-state index in [4.69, 9.17) is 0 Å². The molecule has 2 heterocycles. The number of anilines is 1. The van der Waals surface area contributed by atoms with Crippen molar-refractivity contribution in [2.24, 2.45) is 5.92 Å². The highest BCUT2D eigenvalue weighted by atomic mass is 19.3. The van der Waals surface area contributed by atoms with E-state index in [1.165, 1.54) is 24.4 Å². The zero-order valence-electron chi connectivity index (χ0n) is 15.4. The molecule has 1 aliphatic heterocycles. The van der Waals surface area contributed by atoms with Crippen molar-refractivity contribution in [3.05, 3.63) is 57.8 Å². The third-order valence-electron chi connectivity index (χ3n) is 4.94. The van der Waals surface area contributed by atoms with Crippen LogP contribution >= 0.6 is 0 Å². The van der Waals surface area contributed by atoms with Gasteiger partial charge in [0.05, 0.1) is 6.54 Å². The second kappa shape index (κ2) is 6.65.